The van der Waals surface area contributed by atoms with Gasteiger partial charge in [0.25, 0.3) is 0 Å². The predicted molar refractivity (Wildman–Crippen MR) is 263 cm³/mol. The first-order chi connectivity index (χ1) is 30.6. The van der Waals surface area contributed by atoms with Gasteiger partial charge in [0, 0.05) is 44.6 Å². The summed E-state index contributed by atoms with van der Waals surface area (Å²) in [4.78, 5) is 4.74. The summed E-state index contributed by atoms with van der Waals surface area (Å²) in [6, 6.07) is 80.8. The topological polar surface area (TPSA) is 19.6 Å². The maximum Gasteiger partial charge on any atom is 0.136 e. The summed E-state index contributed by atoms with van der Waals surface area (Å²) in [5.41, 5.74) is 14.4. The molecule has 0 saturated carbocycles. The number of hydrogen-bond acceptors (Lipinski definition) is 3. The van der Waals surface area contributed by atoms with Gasteiger partial charge in [0.2, 0.25) is 0 Å². The van der Waals surface area contributed by atoms with E-state index in [0.29, 0.717) is 5.92 Å². The maximum atomic E-state index is 6.77. The van der Waals surface area contributed by atoms with E-state index >= 15 is 0 Å². The summed E-state index contributed by atoms with van der Waals surface area (Å²) in [5.74, 6) is 0.451. The van der Waals surface area contributed by atoms with Crippen molar-refractivity contribution in [2.75, 3.05) is 9.80 Å². The van der Waals surface area contributed by atoms with Crippen LogP contribution in [0.2, 0.25) is 0 Å². The van der Waals surface area contributed by atoms with Crippen LogP contribution in [0.15, 0.2) is 229 Å². The van der Waals surface area contributed by atoms with Crippen molar-refractivity contribution < 1.29 is 4.42 Å². The third-order valence-electron chi connectivity index (χ3n) is 12.2. The first kappa shape index (κ1) is 37.1. The summed E-state index contributed by atoms with van der Waals surface area (Å²) in [6.45, 7) is 4.48. The van der Waals surface area contributed by atoms with Gasteiger partial charge >= 0.3 is 0 Å². The Morgan fingerprint density at radius 3 is 1.21 bits per heavy atom. The van der Waals surface area contributed by atoms with Gasteiger partial charge in [0.05, 0.1) is 11.4 Å². The third-order valence-corrected chi connectivity index (χ3v) is 12.2. The van der Waals surface area contributed by atoms with E-state index in [9.17, 15) is 0 Å². The van der Waals surface area contributed by atoms with Crippen molar-refractivity contribution in [2.24, 2.45) is 0 Å². The first-order valence-electron chi connectivity index (χ1n) is 21.4. The van der Waals surface area contributed by atoms with E-state index in [2.05, 4.69) is 248 Å². The normalized spacial score (nSPS) is 11.5. The van der Waals surface area contributed by atoms with Gasteiger partial charge in [0.1, 0.15) is 11.2 Å². The highest BCUT2D eigenvalue weighted by molar-refractivity contribution is 6.14. The van der Waals surface area contributed by atoms with Gasteiger partial charge in [0.15, 0.2) is 0 Å². The quantitative estimate of drug-likeness (QED) is 0.145. The molecule has 0 N–H and O–H groups in total. The predicted octanol–water partition coefficient (Wildman–Crippen LogP) is 17.3. The Labute approximate surface area is 362 Å². The monoisotopic (exact) mass is 796 g/mol. The zero-order valence-electron chi connectivity index (χ0n) is 34.7. The van der Waals surface area contributed by atoms with Crippen LogP contribution in [0.4, 0.5) is 34.1 Å². The van der Waals surface area contributed by atoms with Crippen LogP contribution in [0, 0.1) is 0 Å². The van der Waals surface area contributed by atoms with Gasteiger partial charge in [-0.25, -0.2) is 0 Å². The smallest absolute Gasteiger partial charge is 0.136 e. The lowest BCUT2D eigenvalue weighted by Gasteiger charge is -2.28. The summed E-state index contributed by atoms with van der Waals surface area (Å²) >= 11 is 0. The molecule has 0 aliphatic rings. The molecule has 11 rings (SSSR count). The molecule has 1 aromatic heterocycles. The summed E-state index contributed by atoms with van der Waals surface area (Å²) < 4.78 is 6.77. The van der Waals surface area contributed by atoms with Crippen LogP contribution >= 0.6 is 0 Å². The minimum Gasteiger partial charge on any atom is -0.456 e. The van der Waals surface area contributed by atoms with Crippen LogP contribution < -0.4 is 9.80 Å². The van der Waals surface area contributed by atoms with Crippen LogP contribution in [-0.4, -0.2) is 0 Å². The van der Waals surface area contributed by atoms with Crippen molar-refractivity contribution >= 4 is 77.6 Å². The van der Waals surface area contributed by atoms with E-state index in [4.69, 9.17) is 4.42 Å². The molecule has 0 radical (unpaired) electrons. The molecular formula is C59H44N2O. The lowest BCUT2D eigenvalue weighted by molar-refractivity contribution is 0.670. The van der Waals surface area contributed by atoms with Crippen molar-refractivity contribution in [3.05, 3.63) is 230 Å². The molecule has 1 heterocycles. The summed E-state index contributed by atoms with van der Waals surface area (Å²) in [5, 5.41) is 6.81. The molecular weight excluding hydrogens is 753 g/mol. The fraction of sp³-hybridized carbons (Fsp3) is 0.0508. The number of nitrogens with zero attached hydrogens (tertiary/aromatic N) is 2. The van der Waals surface area contributed by atoms with E-state index in [1.165, 1.54) is 38.6 Å². The van der Waals surface area contributed by atoms with E-state index in [1.54, 1.807) is 0 Å². The highest BCUT2D eigenvalue weighted by Gasteiger charge is 2.20. The van der Waals surface area contributed by atoms with Crippen molar-refractivity contribution in [1.29, 1.82) is 0 Å². The fourth-order valence-electron chi connectivity index (χ4n) is 9.02. The summed E-state index contributed by atoms with van der Waals surface area (Å²) in [6.07, 6.45) is 0. The third kappa shape index (κ3) is 6.74. The number of rotatable bonds is 9. The number of benzene rings is 10. The largest absolute Gasteiger partial charge is 0.456 e. The second-order valence-corrected chi connectivity index (χ2v) is 16.4. The van der Waals surface area contributed by atoms with Crippen molar-refractivity contribution in [2.45, 2.75) is 19.8 Å². The number of hydrogen-bond donors (Lipinski definition) is 0. The van der Waals surface area contributed by atoms with E-state index < -0.39 is 0 Å². The molecule has 0 fully saturated rings. The Morgan fingerprint density at radius 1 is 0.339 bits per heavy atom. The van der Waals surface area contributed by atoms with Crippen LogP contribution in [0.1, 0.15) is 25.3 Å². The van der Waals surface area contributed by atoms with Crippen LogP contribution in [0.3, 0.4) is 0 Å². The minimum atomic E-state index is 0.451. The van der Waals surface area contributed by atoms with E-state index in [1.807, 2.05) is 0 Å². The molecule has 0 unspecified atom stereocenters. The van der Waals surface area contributed by atoms with Crippen molar-refractivity contribution in [1.82, 2.24) is 0 Å². The highest BCUT2D eigenvalue weighted by atomic mass is 16.3. The first-order valence-corrected chi connectivity index (χ1v) is 21.4. The van der Waals surface area contributed by atoms with Gasteiger partial charge in [-0.15, -0.1) is 0 Å². The molecule has 62 heavy (non-hydrogen) atoms. The Morgan fingerprint density at radius 2 is 0.742 bits per heavy atom. The molecule has 0 bridgehead atoms. The van der Waals surface area contributed by atoms with Gasteiger partial charge in [-0.3, -0.25) is 0 Å². The number of furan rings is 1. The van der Waals surface area contributed by atoms with Crippen molar-refractivity contribution in [3.63, 3.8) is 0 Å². The van der Waals surface area contributed by atoms with E-state index in [-0.39, 0.29) is 0 Å². The molecule has 3 heteroatoms. The molecule has 11 aromatic rings. The number of para-hydroxylation sites is 3. The summed E-state index contributed by atoms with van der Waals surface area (Å²) in [7, 11) is 0. The average molecular weight is 797 g/mol. The Kier molecular flexibility index (Phi) is 9.36. The van der Waals surface area contributed by atoms with Gasteiger partial charge in [-0.05, 0) is 129 Å². The molecule has 0 amide bonds. The Hall–Kier alpha value is -7.88. The molecule has 0 aliphatic carbocycles. The van der Waals surface area contributed by atoms with Gasteiger partial charge < -0.3 is 14.2 Å². The molecule has 0 spiro atoms. The van der Waals surface area contributed by atoms with Crippen LogP contribution in [0.25, 0.3) is 65.7 Å². The molecule has 0 aliphatic heterocycles. The number of fused-ring (bicyclic) bond motifs is 5. The fourth-order valence-corrected chi connectivity index (χ4v) is 9.02. The zero-order chi connectivity index (χ0) is 41.6. The lowest BCUT2D eigenvalue weighted by Crippen LogP contribution is -2.11. The standard InChI is InChI=1S/C59H44N2O/c1-40(2)41-26-30-49(31-27-41)61(57-25-15-13-23-53(57)43-18-8-4-9-19-43)51-33-29-45-37-55-54-36-44-28-32-50(34-46(44)38-58(54)62-59(55)39-47(45)35-51)60(48-20-10-5-11-21-48)56-24-14-12-22-52(56)42-16-6-3-7-17-42/h3-40H,1-2H3. The van der Waals surface area contributed by atoms with Gasteiger partial charge in [-0.2, -0.15) is 0 Å². The van der Waals surface area contributed by atoms with Crippen LogP contribution in [-0.2, 0) is 0 Å². The molecule has 0 saturated heterocycles. The average Bonchev–Trinajstić information content (AvgIpc) is 3.67. The molecule has 296 valence electrons. The van der Waals surface area contributed by atoms with Crippen LogP contribution in [0.5, 0.6) is 0 Å². The molecule has 10 aromatic carbocycles. The second-order valence-electron chi connectivity index (χ2n) is 16.4. The minimum absolute atomic E-state index is 0.451. The highest BCUT2D eigenvalue weighted by Crippen LogP contribution is 2.45. The van der Waals surface area contributed by atoms with E-state index in [0.717, 1.165) is 66.8 Å². The second kappa shape index (κ2) is 15.6. The SMILES string of the molecule is CC(C)c1ccc(N(c2ccc3cc4c(cc3c2)oc2cc3cc(N(c5ccccc5)c5ccccc5-c5ccccc5)ccc3cc24)c2ccccc2-c2ccccc2)cc1. The maximum absolute atomic E-state index is 6.77. The zero-order valence-corrected chi connectivity index (χ0v) is 34.7. The Balaban J connectivity index is 1.02. The Bertz CT molecular complexity index is 3370. The lowest BCUT2D eigenvalue weighted by atomic mass is 9.99. The number of anilines is 6. The van der Waals surface area contributed by atoms with Crippen molar-refractivity contribution in [3.8, 4) is 22.3 Å². The molecule has 3 nitrogen and oxygen atoms in total. The van der Waals surface area contributed by atoms with Gasteiger partial charge in [-0.1, -0.05) is 153 Å². The molecule has 0 atom stereocenters.